The zero-order chi connectivity index (χ0) is 32.1. The van der Waals surface area contributed by atoms with Gasteiger partial charge in [0.2, 0.25) is 0 Å². The first-order valence-corrected chi connectivity index (χ1v) is 16.3. The number of nitrogens with zero attached hydrogens (tertiary/aromatic N) is 4. The normalized spacial score (nSPS) is 24.1. The Hall–Kier alpha value is -4.98. The van der Waals surface area contributed by atoms with Crippen LogP contribution >= 0.6 is 0 Å². The summed E-state index contributed by atoms with van der Waals surface area (Å²) < 4.78 is 3.79. The largest absolute Gasteiger partial charge is 0.398 e. The number of nitrogen functional groups attached to an aromatic ring is 2. The van der Waals surface area contributed by atoms with Crippen molar-refractivity contribution in [1.29, 1.82) is 0 Å². The van der Waals surface area contributed by atoms with Crippen LogP contribution in [0.4, 0.5) is 11.4 Å². The van der Waals surface area contributed by atoms with Crippen LogP contribution in [0.25, 0.3) is 0 Å². The predicted octanol–water partition coefficient (Wildman–Crippen LogP) is 6.55. The van der Waals surface area contributed by atoms with Crippen LogP contribution in [0.5, 0.6) is 0 Å². The third-order valence-electron chi connectivity index (χ3n) is 10.5. The molecule has 4 N–H and O–H groups in total. The van der Waals surface area contributed by atoms with Crippen molar-refractivity contribution in [2.24, 2.45) is 0 Å². The van der Waals surface area contributed by atoms with Crippen molar-refractivity contribution < 1.29 is 9.59 Å². The van der Waals surface area contributed by atoms with Crippen molar-refractivity contribution in [3.63, 3.8) is 0 Å². The molecule has 8 heteroatoms. The number of rotatable bonds is 2. The molecule has 0 unspecified atom stereocenters. The van der Waals surface area contributed by atoms with Crippen LogP contribution < -0.4 is 21.5 Å². The molecule has 46 heavy (non-hydrogen) atoms. The van der Waals surface area contributed by atoms with Crippen molar-refractivity contribution in [2.75, 3.05) is 21.5 Å². The second-order valence-corrected chi connectivity index (χ2v) is 13.2. The molecule has 4 aromatic rings. The molecule has 2 spiro atoms. The van der Waals surface area contributed by atoms with E-state index in [0.29, 0.717) is 22.5 Å². The summed E-state index contributed by atoms with van der Waals surface area (Å²) in [6.45, 7) is 8.69. The highest BCUT2D eigenvalue weighted by molar-refractivity contribution is 6.10. The molecule has 236 valence electrons. The highest BCUT2D eigenvalue weighted by Crippen LogP contribution is 2.45. The van der Waals surface area contributed by atoms with E-state index in [9.17, 15) is 9.59 Å². The molecule has 8 nitrogen and oxygen atoms in total. The van der Waals surface area contributed by atoms with Gasteiger partial charge in [0.25, 0.3) is 11.8 Å². The molecule has 8 rings (SSSR count). The van der Waals surface area contributed by atoms with Gasteiger partial charge < -0.3 is 11.5 Å². The maximum atomic E-state index is 13.3. The molecule has 2 aliphatic carbocycles. The van der Waals surface area contributed by atoms with Gasteiger partial charge in [-0.25, -0.2) is 10.0 Å². The molecule has 2 saturated carbocycles. The van der Waals surface area contributed by atoms with E-state index in [4.69, 9.17) is 11.5 Å². The van der Waals surface area contributed by atoms with Gasteiger partial charge in [-0.15, -0.1) is 0 Å². The van der Waals surface area contributed by atoms with Gasteiger partial charge in [0, 0.05) is 49.0 Å². The number of fused-ring (bicyclic) bond motifs is 2. The quantitative estimate of drug-likeness (QED) is 0.198. The lowest BCUT2D eigenvalue weighted by Gasteiger charge is -2.51. The van der Waals surface area contributed by atoms with Crippen molar-refractivity contribution in [3.8, 4) is 0 Å². The summed E-state index contributed by atoms with van der Waals surface area (Å²) in [7, 11) is 0. The second-order valence-electron chi connectivity index (χ2n) is 13.2. The maximum absolute atomic E-state index is 13.3. The minimum atomic E-state index is -0.338. The highest BCUT2D eigenvalue weighted by atomic mass is 16.2. The Morgan fingerprint density at radius 1 is 0.565 bits per heavy atom. The van der Waals surface area contributed by atoms with Crippen molar-refractivity contribution in [2.45, 2.75) is 75.3 Å². The summed E-state index contributed by atoms with van der Waals surface area (Å²) in [6.07, 6.45) is 17.6. The molecule has 0 bridgehead atoms. The standard InChI is InChI=1S/2C19H21N3O/c2*1-14-7-2-3-10-19(14)13-15-8-6-9-16(20)17(15)18(23)22(19)21-11-4-5-12-21/h2*4-6,8-9,11-12H,1-3,7,10,13,20H2/t2*19-/m10/s1. The second kappa shape index (κ2) is 11.4. The van der Waals surface area contributed by atoms with Gasteiger partial charge in [-0.1, -0.05) is 50.3 Å². The zero-order valence-electron chi connectivity index (χ0n) is 26.3. The van der Waals surface area contributed by atoms with Crippen LogP contribution in [0.2, 0.25) is 0 Å². The third-order valence-corrected chi connectivity index (χ3v) is 10.5. The monoisotopic (exact) mass is 614 g/mol. The van der Waals surface area contributed by atoms with Gasteiger partial charge in [0.1, 0.15) is 0 Å². The minimum absolute atomic E-state index is 0.0244. The Bertz CT molecular complexity index is 1690. The van der Waals surface area contributed by atoms with E-state index in [1.165, 1.54) is 0 Å². The fraction of sp³-hybridized carbons (Fsp3) is 0.316. The number of hydrogen-bond donors (Lipinski definition) is 2. The Kier molecular flexibility index (Phi) is 7.38. The number of aromatic nitrogens is 2. The van der Waals surface area contributed by atoms with Gasteiger partial charge in [-0.3, -0.25) is 18.9 Å². The molecule has 0 radical (unpaired) electrons. The molecule has 2 aromatic carbocycles. The predicted molar refractivity (Wildman–Crippen MR) is 184 cm³/mol. The van der Waals surface area contributed by atoms with E-state index in [1.54, 1.807) is 12.1 Å². The number of carbonyl (C=O) groups excluding carboxylic acids is 2. The SMILES string of the molecule is C=C1CCCC[C@@]12Cc1cccc(N)c1C(=O)N2n1cccc1.C=C1CCCC[C@]12Cc1cccc(N)c1C(=O)N2n1cccc1. The fourth-order valence-corrected chi connectivity index (χ4v) is 8.27. The van der Waals surface area contributed by atoms with Gasteiger partial charge in [-0.2, -0.15) is 0 Å². The lowest BCUT2D eigenvalue weighted by Crippen LogP contribution is -2.63. The van der Waals surface area contributed by atoms with Gasteiger partial charge in [0.15, 0.2) is 0 Å². The summed E-state index contributed by atoms with van der Waals surface area (Å²) in [5.74, 6) is -0.0489. The molecular weight excluding hydrogens is 572 g/mol. The van der Waals surface area contributed by atoms with E-state index in [2.05, 4.69) is 13.2 Å². The number of carbonyl (C=O) groups is 2. The van der Waals surface area contributed by atoms with Crippen LogP contribution in [0.3, 0.4) is 0 Å². The van der Waals surface area contributed by atoms with Crippen LogP contribution in [-0.4, -0.2) is 32.2 Å². The highest BCUT2D eigenvalue weighted by Gasteiger charge is 2.50. The number of nitrogens with two attached hydrogens (primary N) is 2. The summed E-state index contributed by atoms with van der Waals surface area (Å²) in [6, 6.07) is 19.3. The molecule has 2 aliphatic heterocycles. The van der Waals surface area contributed by atoms with Crippen LogP contribution in [0.1, 0.15) is 83.2 Å². The van der Waals surface area contributed by atoms with Gasteiger partial charge >= 0.3 is 0 Å². The van der Waals surface area contributed by atoms with E-state index in [0.717, 1.165) is 86.5 Å². The molecule has 4 heterocycles. The molecule has 2 atom stereocenters. The smallest absolute Gasteiger partial charge is 0.275 e. The van der Waals surface area contributed by atoms with Gasteiger partial charge in [0.05, 0.1) is 22.2 Å². The molecule has 4 aliphatic rings. The van der Waals surface area contributed by atoms with Crippen molar-refractivity contribution >= 4 is 23.2 Å². The minimum Gasteiger partial charge on any atom is -0.398 e. The van der Waals surface area contributed by atoms with E-state index in [1.807, 2.05) is 92.7 Å². The maximum Gasteiger partial charge on any atom is 0.275 e. The number of hydrogen-bond acceptors (Lipinski definition) is 4. The summed E-state index contributed by atoms with van der Waals surface area (Å²) in [5.41, 5.74) is 18.4. The summed E-state index contributed by atoms with van der Waals surface area (Å²) in [5, 5.41) is 3.76. The Labute approximate surface area is 270 Å². The van der Waals surface area contributed by atoms with Gasteiger partial charge in [-0.05, 0) is 97.2 Å². The van der Waals surface area contributed by atoms with Crippen molar-refractivity contribution in [3.05, 3.63) is 132 Å². The first kappa shape index (κ1) is 29.7. The number of benzene rings is 2. The van der Waals surface area contributed by atoms with Crippen LogP contribution in [0.15, 0.2) is 110 Å². The zero-order valence-corrected chi connectivity index (χ0v) is 26.3. The lowest BCUT2D eigenvalue weighted by atomic mass is 9.71. The van der Waals surface area contributed by atoms with Crippen molar-refractivity contribution in [1.82, 2.24) is 9.35 Å². The average Bonchev–Trinajstić information content (AvgIpc) is 3.76. The Morgan fingerprint density at radius 3 is 1.33 bits per heavy atom. The topological polar surface area (TPSA) is 103 Å². The van der Waals surface area contributed by atoms with E-state index >= 15 is 0 Å². The molecule has 2 amide bonds. The van der Waals surface area contributed by atoms with Crippen LogP contribution in [0, 0.1) is 0 Å². The third kappa shape index (κ3) is 4.58. The Morgan fingerprint density at radius 2 is 0.957 bits per heavy atom. The fourth-order valence-electron chi connectivity index (χ4n) is 8.27. The molecule has 0 saturated heterocycles. The summed E-state index contributed by atoms with van der Waals surface area (Å²) >= 11 is 0. The number of anilines is 2. The first-order valence-electron chi connectivity index (χ1n) is 16.3. The molecule has 2 fully saturated rings. The molecule has 2 aromatic heterocycles. The lowest BCUT2D eigenvalue weighted by molar-refractivity contribution is 0.0884. The molecular formula is C38H42N6O2. The van der Waals surface area contributed by atoms with E-state index in [-0.39, 0.29) is 22.9 Å². The first-order chi connectivity index (χ1) is 22.3. The average molecular weight is 615 g/mol. The van der Waals surface area contributed by atoms with Crippen LogP contribution in [-0.2, 0) is 12.8 Å². The number of amides is 2. The van der Waals surface area contributed by atoms with E-state index < -0.39 is 0 Å². The Balaban J connectivity index is 0.000000147. The summed E-state index contributed by atoms with van der Waals surface area (Å²) in [4.78, 5) is 26.7.